The minimum Gasteiger partial charge on any atom is -0.497 e. The Labute approximate surface area is 192 Å². The molecule has 3 aromatic rings. The molecule has 33 heavy (non-hydrogen) atoms. The number of hydrogen-bond acceptors (Lipinski definition) is 6. The summed E-state index contributed by atoms with van der Waals surface area (Å²) in [6, 6.07) is 8.48. The molecular weight excluding hydrogens is 479 g/mol. The molecule has 174 valence electrons. The first-order chi connectivity index (χ1) is 15.7. The van der Waals surface area contributed by atoms with E-state index in [1.165, 1.54) is 16.2 Å². The lowest BCUT2D eigenvalue weighted by Crippen LogP contribution is -2.50. The van der Waals surface area contributed by atoms with E-state index in [2.05, 4.69) is 4.98 Å². The van der Waals surface area contributed by atoms with E-state index >= 15 is 0 Å². The Kier molecular flexibility index (Phi) is 6.41. The van der Waals surface area contributed by atoms with Crippen molar-refractivity contribution in [2.24, 2.45) is 0 Å². The molecule has 0 unspecified atom stereocenters. The van der Waals surface area contributed by atoms with E-state index in [0.29, 0.717) is 22.9 Å². The molecule has 0 radical (unpaired) electrons. The zero-order valence-corrected chi connectivity index (χ0v) is 18.9. The predicted octanol–water partition coefficient (Wildman–Crippen LogP) is 3.38. The zero-order valence-electron chi connectivity index (χ0n) is 17.3. The Balaban J connectivity index is 1.44. The molecule has 1 saturated heterocycles. The number of amides is 1. The van der Waals surface area contributed by atoms with Crippen LogP contribution in [0.3, 0.4) is 0 Å². The summed E-state index contributed by atoms with van der Waals surface area (Å²) in [5, 5.41) is 2.28. The van der Waals surface area contributed by atoms with Gasteiger partial charge in [-0.3, -0.25) is 4.79 Å². The molecule has 12 heteroatoms. The molecular formula is C21H18F3N3O4S2. The van der Waals surface area contributed by atoms with Gasteiger partial charge < -0.3 is 9.64 Å². The summed E-state index contributed by atoms with van der Waals surface area (Å²) in [7, 11) is -2.83. The Bertz CT molecular complexity index is 1290. The fourth-order valence-corrected chi connectivity index (χ4v) is 5.66. The largest absolute Gasteiger partial charge is 0.497 e. The summed E-state index contributed by atoms with van der Waals surface area (Å²) in [5.41, 5.74) is 1.05. The standard InChI is InChI=1S/C21H18F3N3O4S2/c1-31-14-4-2-13(3-5-14)20-25-16(12-32-20)21(28)26-8-10-27(11-9-26)33(29,30)17-7-6-15(22)18(23)19(17)24/h2-7,12H,8-11H2,1H3. The number of ether oxygens (including phenoxy) is 1. The summed E-state index contributed by atoms with van der Waals surface area (Å²) in [5.74, 6) is -4.74. The molecule has 0 N–H and O–H groups in total. The maximum atomic E-state index is 14.0. The second kappa shape index (κ2) is 9.12. The molecule has 1 aromatic heterocycles. The summed E-state index contributed by atoms with van der Waals surface area (Å²) in [4.78, 5) is 17.7. The number of piperazine rings is 1. The van der Waals surface area contributed by atoms with Crippen molar-refractivity contribution in [2.45, 2.75) is 4.90 Å². The van der Waals surface area contributed by atoms with Gasteiger partial charge in [0.15, 0.2) is 17.5 Å². The average molecular weight is 498 g/mol. The number of carbonyl (C=O) groups excluding carboxylic acids is 1. The fraction of sp³-hybridized carbons (Fsp3) is 0.238. The van der Waals surface area contributed by atoms with Gasteiger partial charge in [-0.2, -0.15) is 4.31 Å². The van der Waals surface area contributed by atoms with Gasteiger partial charge in [0.25, 0.3) is 5.91 Å². The lowest BCUT2D eigenvalue weighted by atomic mass is 10.2. The summed E-state index contributed by atoms with van der Waals surface area (Å²) in [6.07, 6.45) is 0. The van der Waals surface area contributed by atoms with Gasteiger partial charge in [0.1, 0.15) is 21.3 Å². The number of methoxy groups -OCH3 is 1. The van der Waals surface area contributed by atoms with Crippen LogP contribution in [0.15, 0.2) is 46.7 Å². The van der Waals surface area contributed by atoms with Crippen molar-refractivity contribution in [3.63, 3.8) is 0 Å². The van der Waals surface area contributed by atoms with E-state index in [1.54, 1.807) is 24.6 Å². The summed E-state index contributed by atoms with van der Waals surface area (Å²) < 4.78 is 72.2. The monoisotopic (exact) mass is 497 g/mol. The maximum Gasteiger partial charge on any atom is 0.273 e. The molecule has 7 nitrogen and oxygen atoms in total. The highest BCUT2D eigenvalue weighted by molar-refractivity contribution is 7.89. The molecule has 2 aromatic carbocycles. The Morgan fingerprint density at radius 3 is 2.30 bits per heavy atom. The molecule has 1 amide bonds. The van der Waals surface area contributed by atoms with E-state index in [-0.39, 0.29) is 37.8 Å². The quantitative estimate of drug-likeness (QED) is 0.505. The number of benzene rings is 2. The van der Waals surface area contributed by atoms with Crippen molar-refractivity contribution < 1.29 is 31.1 Å². The number of nitrogens with zero attached hydrogens (tertiary/aromatic N) is 3. The van der Waals surface area contributed by atoms with Crippen molar-refractivity contribution in [1.29, 1.82) is 0 Å². The topological polar surface area (TPSA) is 79.8 Å². The van der Waals surface area contributed by atoms with Gasteiger partial charge in [-0.05, 0) is 36.4 Å². The van der Waals surface area contributed by atoms with Gasteiger partial charge >= 0.3 is 0 Å². The second-order valence-electron chi connectivity index (χ2n) is 7.14. The molecule has 0 spiro atoms. The molecule has 4 rings (SSSR count). The van der Waals surface area contributed by atoms with Crippen LogP contribution in [0, 0.1) is 17.5 Å². The first-order valence-electron chi connectivity index (χ1n) is 9.75. The molecule has 1 aliphatic heterocycles. The Morgan fingerprint density at radius 1 is 1.00 bits per heavy atom. The SMILES string of the molecule is COc1ccc(-c2nc(C(=O)N3CCN(S(=O)(=O)c4ccc(F)c(F)c4F)CC3)cs2)cc1. The minimum atomic E-state index is -4.39. The third-order valence-electron chi connectivity index (χ3n) is 5.20. The van der Waals surface area contributed by atoms with Crippen LogP contribution in [0.25, 0.3) is 10.6 Å². The number of rotatable bonds is 5. The Morgan fingerprint density at radius 2 is 1.67 bits per heavy atom. The lowest BCUT2D eigenvalue weighted by molar-refractivity contribution is 0.0692. The molecule has 0 atom stereocenters. The van der Waals surface area contributed by atoms with Gasteiger partial charge in [0.2, 0.25) is 10.0 Å². The average Bonchev–Trinajstić information content (AvgIpc) is 3.32. The van der Waals surface area contributed by atoms with Crippen LogP contribution in [0.2, 0.25) is 0 Å². The normalized spacial score (nSPS) is 15.0. The number of thiazole rings is 1. The molecule has 0 aliphatic carbocycles. The summed E-state index contributed by atoms with van der Waals surface area (Å²) in [6.45, 7) is -0.165. The van der Waals surface area contributed by atoms with Gasteiger partial charge in [-0.15, -0.1) is 11.3 Å². The van der Waals surface area contributed by atoms with Crippen LogP contribution in [-0.4, -0.2) is 61.8 Å². The Hall–Kier alpha value is -2.96. The van der Waals surface area contributed by atoms with Crippen molar-refractivity contribution in [1.82, 2.24) is 14.2 Å². The second-order valence-corrected chi connectivity index (χ2v) is 9.90. The molecule has 1 aliphatic rings. The van der Waals surface area contributed by atoms with Gasteiger partial charge in [0, 0.05) is 37.1 Å². The number of carbonyl (C=O) groups is 1. The number of sulfonamides is 1. The van der Waals surface area contributed by atoms with E-state index < -0.39 is 32.4 Å². The predicted molar refractivity (Wildman–Crippen MR) is 115 cm³/mol. The van der Waals surface area contributed by atoms with Crippen LogP contribution in [0.4, 0.5) is 13.2 Å². The molecule has 1 fully saturated rings. The minimum absolute atomic E-state index is 0.0404. The van der Waals surface area contributed by atoms with Gasteiger partial charge in [-0.25, -0.2) is 26.6 Å². The van der Waals surface area contributed by atoms with Gasteiger partial charge in [-0.1, -0.05) is 0 Å². The third kappa shape index (κ3) is 4.45. The van der Waals surface area contributed by atoms with Crippen molar-refractivity contribution in [3.05, 3.63) is 64.9 Å². The number of hydrogen-bond donors (Lipinski definition) is 0. The van der Waals surface area contributed by atoms with E-state index in [1.807, 2.05) is 12.1 Å². The van der Waals surface area contributed by atoms with Crippen LogP contribution in [-0.2, 0) is 10.0 Å². The molecule has 0 bridgehead atoms. The highest BCUT2D eigenvalue weighted by Crippen LogP contribution is 2.27. The van der Waals surface area contributed by atoms with Crippen molar-refractivity contribution in [2.75, 3.05) is 33.3 Å². The third-order valence-corrected chi connectivity index (χ3v) is 8.01. The van der Waals surface area contributed by atoms with Gasteiger partial charge in [0.05, 0.1) is 7.11 Å². The van der Waals surface area contributed by atoms with Crippen LogP contribution >= 0.6 is 11.3 Å². The number of halogens is 3. The molecule has 0 saturated carbocycles. The zero-order chi connectivity index (χ0) is 23.8. The lowest BCUT2D eigenvalue weighted by Gasteiger charge is -2.33. The summed E-state index contributed by atoms with van der Waals surface area (Å²) >= 11 is 1.30. The highest BCUT2D eigenvalue weighted by Gasteiger charge is 2.34. The first kappa shape index (κ1) is 23.2. The van der Waals surface area contributed by atoms with E-state index in [9.17, 15) is 26.4 Å². The van der Waals surface area contributed by atoms with Crippen molar-refractivity contribution >= 4 is 27.3 Å². The maximum absolute atomic E-state index is 14.0. The highest BCUT2D eigenvalue weighted by atomic mass is 32.2. The van der Waals surface area contributed by atoms with Crippen molar-refractivity contribution in [3.8, 4) is 16.3 Å². The van der Waals surface area contributed by atoms with E-state index in [0.717, 1.165) is 9.87 Å². The van der Waals surface area contributed by atoms with E-state index in [4.69, 9.17) is 4.74 Å². The smallest absolute Gasteiger partial charge is 0.273 e. The van der Waals surface area contributed by atoms with Crippen LogP contribution in [0.5, 0.6) is 5.75 Å². The van der Waals surface area contributed by atoms with Crippen LogP contribution in [0.1, 0.15) is 10.5 Å². The fourth-order valence-electron chi connectivity index (χ4n) is 3.38. The first-order valence-corrected chi connectivity index (χ1v) is 12.1. The molecule has 2 heterocycles. The number of aromatic nitrogens is 1. The van der Waals surface area contributed by atoms with Crippen LogP contribution < -0.4 is 4.74 Å².